The summed E-state index contributed by atoms with van der Waals surface area (Å²) in [5.41, 5.74) is 1.73. The van der Waals surface area contributed by atoms with E-state index in [1.54, 1.807) is 18.4 Å². The first kappa shape index (κ1) is 20.3. The van der Waals surface area contributed by atoms with Gasteiger partial charge >= 0.3 is 0 Å². The van der Waals surface area contributed by atoms with Crippen molar-refractivity contribution < 1.29 is 18.7 Å². The smallest absolute Gasteiger partial charge is 0.278 e. The lowest BCUT2D eigenvalue weighted by atomic mass is 10.0. The van der Waals surface area contributed by atoms with Gasteiger partial charge in [0.1, 0.15) is 17.2 Å². The predicted octanol–water partition coefficient (Wildman–Crippen LogP) is 4.08. The summed E-state index contributed by atoms with van der Waals surface area (Å²) in [6, 6.07) is 11.0. The Balaban J connectivity index is 1.65. The van der Waals surface area contributed by atoms with E-state index in [-0.39, 0.29) is 18.4 Å². The SMILES string of the molecule is CC(C)COc1ccc(C2=C(N3CCCCC3)C(=O)N(Cc3ccco3)C2=O)cc1. The van der Waals surface area contributed by atoms with E-state index >= 15 is 0 Å². The number of furan rings is 1. The summed E-state index contributed by atoms with van der Waals surface area (Å²) in [6.07, 6.45) is 4.76. The Hall–Kier alpha value is -3.02. The van der Waals surface area contributed by atoms with Crippen LogP contribution in [0.5, 0.6) is 5.75 Å². The van der Waals surface area contributed by atoms with Crippen molar-refractivity contribution in [3.8, 4) is 5.75 Å². The first-order valence-electron chi connectivity index (χ1n) is 10.7. The van der Waals surface area contributed by atoms with E-state index in [1.165, 1.54) is 4.90 Å². The molecule has 30 heavy (non-hydrogen) atoms. The fraction of sp³-hybridized carbons (Fsp3) is 0.417. The number of amides is 2. The molecule has 3 heterocycles. The van der Waals surface area contributed by atoms with Gasteiger partial charge in [-0.2, -0.15) is 0 Å². The van der Waals surface area contributed by atoms with E-state index < -0.39 is 0 Å². The quantitative estimate of drug-likeness (QED) is 0.646. The average molecular weight is 408 g/mol. The van der Waals surface area contributed by atoms with Gasteiger partial charge in [0.05, 0.1) is 25.0 Å². The van der Waals surface area contributed by atoms with Crippen molar-refractivity contribution in [2.75, 3.05) is 19.7 Å². The fourth-order valence-electron chi connectivity index (χ4n) is 3.92. The average Bonchev–Trinajstić information content (AvgIpc) is 3.35. The minimum Gasteiger partial charge on any atom is -0.493 e. The molecular weight excluding hydrogens is 380 g/mol. The van der Waals surface area contributed by atoms with Crippen molar-refractivity contribution in [1.29, 1.82) is 0 Å². The summed E-state index contributed by atoms with van der Waals surface area (Å²) in [4.78, 5) is 30.0. The number of nitrogens with zero attached hydrogens (tertiary/aromatic N) is 2. The molecule has 1 aromatic carbocycles. The summed E-state index contributed by atoms with van der Waals surface area (Å²) < 4.78 is 11.1. The molecule has 1 saturated heterocycles. The Kier molecular flexibility index (Phi) is 5.93. The lowest BCUT2D eigenvalue weighted by Gasteiger charge is -2.29. The van der Waals surface area contributed by atoms with Crippen LogP contribution in [0.15, 0.2) is 52.8 Å². The predicted molar refractivity (Wildman–Crippen MR) is 113 cm³/mol. The molecule has 2 aromatic rings. The minimum absolute atomic E-state index is 0.140. The van der Waals surface area contributed by atoms with E-state index in [0.29, 0.717) is 29.6 Å². The zero-order valence-corrected chi connectivity index (χ0v) is 17.6. The molecule has 0 aliphatic carbocycles. The number of hydrogen-bond donors (Lipinski definition) is 0. The molecule has 6 nitrogen and oxygen atoms in total. The highest BCUT2D eigenvalue weighted by molar-refractivity contribution is 6.35. The molecule has 158 valence electrons. The maximum atomic E-state index is 13.3. The largest absolute Gasteiger partial charge is 0.493 e. The standard InChI is InChI=1S/C24H28N2O4/c1-17(2)16-30-19-10-8-18(9-11-19)21-22(25-12-4-3-5-13-25)24(28)26(23(21)27)15-20-7-6-14-29-20/h6-11,14,17H,3-5,12-13,15-16H2,1-2H3. The lowest BCUT2D eigenvalue weighted by Crippen LogP contribution is -2.36. The zero-order valence-electron chi connectivity index (χ0n) is 17.6. The van der Waals surface area contributed by atoms with Gasteiger partial charge in [0, 0.05) is 13.1 Å². The molecule has 0 N–H and O–H groups in total. The Morgan fingerprint density at radius 2 is 1.73 bits per heavy atom. The number of hydrogen-bond acceptors (Lipinski definition) is 5. The topological polar surface area (TPSA) is 63.0 Å². The fourth-order valence-corrected chi connectivity index (χ4v) is 3.92. The van der Waals surface area contributed by atoms with Crippen LogP contribution >= 0.6 is 0 Å². The van der Waals surface area contributed by atoms with Gasteiger partial charge in [-0.1, -0.05) is 26.0 Å². The Labute approximate surface area is 177 Å². The second kappa shape index (κ2) is 8.78. The molecule has 2 amide bonds. The van der Waals surface area contributed by atoms with E-state index in [1.807, 2.05) is 24.3 Å². The highest BCUT2D eigenvalue weighted by Crippen LogP contribution is 2.34. The highest BCUT2D eigenvalue weighted by Gasteiger charge is 2.42. The van der Waals surface area contributed by atoms with Gasteiger partial charge in [-0.05, 0) is 55.0 Å². The first-order chi connectivity index (χ1) is 14.5. The van der Waals surface area contributed by atoms with Crippen molar-refractivity contribution in [3.05, 3.63) is 59.7 Å². The second-order valence-corrected chi connectivity index (χ2v) is 8.28. The van der Waals surface area contributed by atoms with Crippen LogP contribution in [0.4, 0.5) is 0 Å². The number of piperidine rings is 1. The molecule has 4 rings (SSSR count). The van der Waals surface area contributed by atoms with Gasteiger partial charge in [0.15, 0.2) is 0 Å². The Morgan fingerprint density at radius 3 is 2.37 bits per heavy atom. The normalized spacial score (nSPS) is 17.4. The van der Waals surface area contributed by atoms with Crippen molar-refractivity contribution in [2.45, 2.75) is 39.7 Å². The van der Waals surface area contributed by atoms with Crippen molar-refractivity contribution in [1.82, 2.24) is 9.80 Å². The van der Waals surface area contributed by atoms with Gasteiger partial charge < -0.3 is 14.1 Å². The summed E-state index contributed by atoms with van der Waals surface area (Å²) in [6.45, 7) is 6.56. The summed E-state index contributed by atoms with van der Waals surface area (Å²) in [5.74, 6) is 1.27. The molecule has 1 fully saturated rings. The molecule has 0 saturated carbocycles. The lowest BCUT2D eigenvalue weighted by molar-refractivity contribution is -0.138. The van der Waals surface area contributed by atoms with Crippen molar-refractivity contribution in [3.63, 3.8) is 0 Å². The molecule has 1 aromatic heterocycles. The second-order valence-electron chi connectivity index (χ2n) is 8.28. The highest BCUT2D eigenvalue weighted by atomic mass is 16.5. The number of carbonyl (C=O) groups is 2. The molecule has 0 bridgehead atoms. The summed E-state index contributed by atoms with van der Waals surface area (Å²) in [5, 5.41) is 0. The molecule has 2 aliphatic rings. The third kappa shape index (κ3) is 4.13. The monoisotopic (exact) mass is 408 g/mol. The molecular formula is C24H28N2O4. The number of benzene rings is 1. The minimum atomic E-state index is -0.271. The van der Waals surface area contributed by atoms with Gasteiger partial charge in [-0.3, -0.25) is 14.5 Å². The maximum Gasteiger partial charge on any atom is 0.278 e. The van der Waals surface area contributed by atoms with Gasteiger partial charge in [-0.25, -0.2) is 0 Å². The molecule has 0 atom stereocenters. The Morgan fingerprint density at radius 1 is 1.00 bits per heavy atom. The van der Waals surface area contributed by atoms with Crippen molar-refractivity contribution in [2.24, 2.45) is 5.92 Å². The van der Waals surface area contributed by atoms with Gasteiger partial charge in [0.25, 0.3) is 11.8 Å². The molecule has 0 spiro atoms. The van der Waals surface area contributed by atoms with Crippen LogP contribution in [-0.2, 0) is 16.1 Å². The van der Waals surface area contributed by atoms with Crippen LogP contribution in [-0.4, -0.2) is 41.3 Å². The Bertz CT molecular complexity index is 923. The van der Waals surface area contributed by atoms with Crippen molar-refractivity contribution >= 4 is 17.4 Å². The van der Waals surface area contributed by atoms with Gasteiger partial charge in [0.2, 0.25) is 0 Å². The van der Waals surface area contributed by atoms with Crippen LogP contribution < -0.4 is 4.74 Å². The maximum absolute atomic E-state index is 13.3. The zero-order chi connectivity index (χ0) is 21.1. The van der Waals surface area contributed by atoms with Crippen LogP contribution in [0.2, 0.25) is 0 Å². The number of rotatable bonds is 7. The van der Waals surface area contributed by atoms with Crippen LogP contribution in [0, 0.1) is 5.92 Å². The van der Waals surface area contributed by atoms with Gasteiger partial charge in [-0.15, -0.1) is 0 Å². The van der Waals surface area contributed by atoms with E-state index in [0.717, 1.165) is 43.7 Å². The molecule has 2 aliphatic heterocycles. The first-order valence-corrected chi connectivity index (χ1v) is 10.7. The number of likely N-dealkylation sites (tertiary alicyclic amines) is 1. The van der Waals surface area contributed by atoms with Crippen LogP contribution in [0.3, 0.4) is 0 Å². The molecule has 0 radical (unpaired) electrons. The number of imide groups is 1. The van der Waals surface area contributed by atoms with E-state index in [4.69, 9.17) is 9.15 Å². The summed E-state index contributed by atoms with van der Waals surface area (Å²) >= 11 is 0. The molecule has 0 unspecified atom stereocenters. The molecule has 6 heteroatoms. The van der Waals surface area contributed by atoms with Crippen LogP contribution in [0.1, 0.15) is 44.4 Å². The number of carbonyl (C=O) groups excluding carboxylic acids is 2. The van der Waals surface area contributed by atoms with Crippen LogP contribution in [0.25, 0.3) is 5.57 Å². The van der Waals surface area contributed by atoms with E-state index in [9.17, 15) is 9.59 Å². The third-order valence-corrected chi connectivity index (χ3v) is 5.44. The summed E-state index contributed by atoms with van der Waals surface area (Å²) in [7, 11) is 0. The number of ether oxygens (including phenoxy) is 1. The van der Waals surface area contributed by atoms with E-state index in [2.05, 4.69) is 18.7 Å². The third-order valence-electron chi connectivity index (χ3n) is 5.44.